The molecule has 2 fully saturated rings. The van der Waals surface area contributed by atoms with Gasteiger partial charge in [-0.15, -0.1) is 0 Å². The number of fused-ring (bicyclic) bond motifs is 1. The van der Waals surface area contributed by atoms with Crippen LogP contribution in [-0.4, -0.2) is 73.0 Å². The number of carbonyl (C=O) groups excluding carboxylic acids is 2. The third-order valence-corrected chi connectivity index (χ3v) is 6.83. The van der Waals surface area contributed by atoms with Crippen molar-refractivity contribution in [1.29, 1.82) is 0 Å². The molecule has 3 aliphatic heterocycles. The van der Waals surface area contributed by atoms with Gasteiger partial charge in [0.15, 0.2) is 0 Å². The summed E-state index contributed by atoms with van der Waals surface area (Å²) in [4.78, 5) is 30.4. The molecule has 0 spiro atoms. The topological polar surface area (TPSA) is 73.9 Å². The van der Waals surface area contributed by atoms with E-state index in [2.05, 4.69) is 27.7 Å². The monoisotopic (exact) mass is 482 g/mol. The summed E-state index contributed by atoms with van der Waals surface area (Å²) < 4.78 is 34.7. The fourth-order valence-corrected chi connectivity index (χ4v) is 5.22. The molecule has 0 aliphatic carbocycles. The lowest BCUT2D eigenvalue weighted by atomic mass is 9.89. The second-order valence-corrected chi connectivity index (χ2v) is 9.03. The number of rotatable bonds is 6. The highest BCUT2D eigenvalue weighted by Gasteiger charge is 2.60. The van der Waals surface area contributed by atoms with Gasteiger partial charge >= 0.3 is 5.97 Å². The molecule has 1 amide bonds. The number of halogens is 2. The summed E-state index contributed by atoms with van der Waals surface area (Å²) in [6.45, 7) is 3.46. The predicted octanol–water partition coefficient (Wildman–Crippen LogP) is 1.74. The molecule has 3 heterocycles. The normalized spacial score (nSPS) is 24.1. The van der Waals surface area contributed by atoms with Crippen molar-refractivity contribution in [2.75, 3.05) is 39.3 Å². The van der Waals surface area contributed by atoms with Gasteiger partial charge in [-0.2, -0.15) is 0 Å². The van der Waals surface area contributed by atoms with Crippen LogP contribution in [-0.2, 0) is 20.1 Å². The maximum Gasteiger partial charge on any atom is 0.327 e. The van der Waals surface area contributed by atoms with Crippen molar-refractivity contribution in [2.24, 2.45) is 0 Å². The van der Waals surface area contributed by atoms with E-state index in [-0.39, 0.29) is 19.0 Å². The second-order valence-electron chi connectivity index (χ2n) is 9.03. The molecule has 2 N–H and O–H groups in total. The van der Waals surface area contributed by atoms with Crippen molar-refractivity contribution in [3.05, 3.63) is 83.4 Å². The van der Waals surface area contributed by atoms with E-state index in [9.17, 15) is 18.4 Å². The van der Waals surface area contributed by atoms with E-state index in [0.29, 0.717) is 24.2 Å². The van der Waals surface area contributed by atoms with Crippen LogP contribution in [0.3, 0.4) is 0 Å². The number of amides is 1. The Balaban J connectivity index is 1.50. The number of nitrogens with zero attached hydrogens (tertiary/aromatic N) is 2. The Bertz CT molecular complexity index is 1100. The molecule has 0 saturated carbocycles. The molecule has 0 bridgehead atoms. The average molecular weight is 483 g/mol. The number of ether oxygens (including phenoxy) is 1. The molecule has 2 atom stereocenters. The van der Waals surface area contributed by atoms with Crippen LogP contribution in [0.2, 0.25) is 0 Å². The molecule has 5 rings (SSSR count). The van der Waals surface area contributed by atoms with Crippen LogP contribution in [0.1, 0.15) is 17.5 Å². The molecule has 35 heavy (non-hydrogen) atoms. The maximum absolute atomic E-state index is 14.4. The maximum atomic E-state index is 14.4. The summed E-state index contributed by atoms with van der Waals surface area (Å²) in [5.74, 6) is -1.87. The Morgan fingerprint density at radius 1 is 1.09 bits per heavy atom. The largest absolute Gasteiger partial charge is 0.434 e. The van der Waals surface area contributed by atoms with E-state index in [4.69, 9.17) is 4.74 Å². The smallest absolute Gasteiger partial charge is 0.327 e. The molecule has 2 aromatic carbocycles. The van der Waals surface area contributed by atoms with Crippen molar-refractivity contribution in [2.45, 2.75) is 24.2 Å². The van der Waals surface area contributed by atoms with Gasteiger partial charge in [0, 0.05) is 50.4 Å². The zero-order chi connectivity index (χ0) is 24.4. The zero-order valence-electron chi connectivity index (χ0n) is 19.3. The number of nitrogens with one attached hydrogen (secondary N) is 2. The van der Waals surface area contributed by atoms with Crippen LogP contribution in [0.4, 0.5) is 8.78 Å². The molecule has 2 aromatic rings. The zero-order valence-corrected chi connectivity index (χ0v) is 19.3. The molecule has 0 radical (unpaired) electrons. The van der Waals surface area contributed by atoms with E-state index >= 15 is 0 Å². The van der Waals surface area contributed by atoms with E-state index in [1.54, 1.807) is 17.0 Å². The highest BCUT2D eigenvalue weighted by molar-refractivity contribution is 5.86. The second kappa shape index (κ2) is 9.85. The number of hydrogen-bond acceptors (Lipinski definition) is 6. The van der Waals surface area contributed by atoms with Crippen molar-refractivity contribution < 1.29 is 23.1 Å². The fourth-order valence-electron chi connectivity index (χ4n) is 5.22. The number of hydrogen-bond donors (Lipinski definition) is 2. The molecule has 3 aliphatic rings. The summed E-state index contributed by atoms with van der Waals surface area (Å²) in [6.07, 6.45) is 5.24. The minimum atomic E-state index is -1.65. The first kappa shape index (κ1) is 23.6. The molecule has 2 unspecified atom stereocenters. The molecule has 0 aromatic heterocycles. The summed E-state index contributed by atoms with van der Waals surface area (Å²) >= 11 is 0. The number of cyclic esters (lactones) is 1. The average Bonchev–Trinajstić information content (AvgIpc) is 3.18. The Morgan fingerprint density at radius 2 is 1.80 bits per heavy atom. The van der Waals surface area contributed by atoms with E-state index in [1.165, 1.54) is 36.4 Å². The SMILES string of the molecule is O=C(NCCN1CC=CCC1)C1CNCC2C(=O)OC(c3cccc(F)c3)(c3cccc(F)c3)N12. The van der Waals surface area contributed by atoms with E-state index in [1.807, 2.05) is 0 Å². The van der Waals surface area contributed by atoms with E-state index < -0.39 is 35.4 Å². The van der Waals surface area contributed by atoms with Gasteiger partial charge in [0.05, 0.1) is 0 Å². The highest BCUT2D eigenvalue weighted by atomic mass is 19.1. The number of esters is 1. The van der Waals surface area contributed by atoms with Gasteiger partial charge in [0.25, 0.3) is 0 Å². The van der Waals surface area contributed by atoms with Crippen LogP contribution < -0.4 is 10.6 Å². The summed E-state index contributed by atoms with van der Waals surface area (Å²) in [7, 11) is 0. The van der Waals surface area contributed by atoms with Crippen LogP contribution in [0.5, 0.6) is 0 Å². The van der Waals surface area contributed by atoms with Gasteiger partial charge in [-0.05, 0) is 30.7 Å². The van der Waals surface area contributed by atoms with Gasteiger partial charge in [-0.1, -0.05) is 36.4 Å². The fraction of sp³-hybridized carbons (Fsp3) is 0.385. The van der Waals surface area contributed by atoms with Crippen molar-refractivity contribution >= 4 is 11.9 Å². The highest BCUT2D eigenvalue weighted by Crippen LogP contribution is 2.46. The quantitative estimate of drug-likeness (QED) is 0.483. The first-order chi connectivity index (χ1) is 17.0. The lowest BCUT2D eigenvalue weighted by Crippen LogP contribution is -2.66. The standard InChI is InChI=1S/C26H28F2N4O3/c27-20-8-4-6-18(14-20)26(19-7-5-9-21(28)15-19)32-22(16-29-17-23(32)25(34)35-26)24(33)30-10-13-31-11-2-1-3-12-31/h1-2,4-9,14-15,22-23,29H,3,10-13,16-17H2,(H,30,33). The lowest BCUT2D eigenvalue weighted by Gasteiger charge is -2.44. The minimum Gasteiger partial charge on any atom is -0.434 e. The molecule has 7 nitrogen and oxygen atoms in total. The third-order valence-electron chi connectivity index (χ3n) is 6.83. The van der Waals surface area contributed by atoms with Crippen LogP contribution in [0.25, 0.3) is 0 Å². The predicted molar refractivity (Wildman–Crippen MR) is 125 cm³/mol. The minimum absolute atomic E-state index is 0.259. The number of carbonyl (C=O) groups is 2. The Morgan fingerprint density at radius 3 is 2.43 bits per heavy atom. The van der Waals surface area contributed by atoms with Gasteiger partial charge in [0.1, 0.15) is 23.7 Å². The summed E-state index contributed by atoms with van der Waals surface area (Å²) in [5, 5.41) is 6.14. The molecule has 184 valence electrons. The Hall–Kier alpha value is -3.14. The Kier molecular flexibility index (Phi) is 6.64. The van der Waals surface area contributed by atoms with Crippen LogP contribution in [0, 0.1) is 11.6 Å². The van der Waals surface area contributed by atoms with Crippen molar-refractivity contribution in [1.82, 2.24) is 20.4 Å². The molecular weight excluding hydrogens is 454 g/mol. The van der Waals surface area contributed by atoms with Crippen LogP contribution in [0.15, 0.2) is 60.7 Å². The van der Waals surface area contributed by atoms with Crippen molar-refractivity contribution in [3.8, 4) is 0 Å². The van der Waals surface area contributed by atoms with Gasteiger partial charge < -0.3 is 15.4 Å². The van der Waals surface area contributed by atoms with Crippen LogP contribution >= 0.6 is 0 Å². The van der Waals surface area contributed by atoms with Gasteiger partial charge in [-0.3, -0.25) is 14.5 Å². The summed E-state index contributed by atoms with van der Waals surface area (Å²) in [5.41, 5.74) is -1.01. The van der Waals surface area contributed by atoms with Gasteiger partial charge in [-0.25, -0.2) is 13.7 Å². The lowest BCUT2D eigenvalue weighted by molar-refractivity contribution is -0.153. The first-order valence-electron chi connectivity index (χ1n) is 11.9. The first-order valence-corrected chi connectivity index (χ1v) is 11.9. The number of piperazine rings is 1. The third kappa shape index (κ3) is 4.47. The summed E-state index contributed by atoms with van der Waals surface area (Å²) in [6, 6.07) is 9.79. The van der Waals surface area contributed by atoms with Crippen molar-refractivity contribution in [3.63, 3.8) is 0 Å². The van der Waals surface area contributed by atoms with Gasteiger partial charge in [0.2, 0.25) is 11.6 Å². The molecule has 9 heteroatoms. The molecular formula is C26H28F2N4O3. The van der Waals surface area contributed by atoms with E-state index in [0.717, 1.165) is 19.5 Å². The molecule has 2 saturated heterocycles. The number of benzene rings is 2. The Labute approximate surface area is 202 Å².